The van der Waals surface area contributed by atoms with Crippen LogP contribution in [0.3, 0.4) is 0 Å². The van der Waals surface area contributed by atoms with Crippen molar-refractivity contribution in [2.24, 2.45) is 0 Å². The molecule has 0 atom stereocenters. The van der Waals surface area contributed by atoms with E-state index in [0.717, 1.165) is 23.1 Å². The highest BCUT2D eigenvalue weighted by molar-refractivity contribution is 6.38. The molecule has 0 bridgehead atoms. The van der Waals surface area contributed by atoms with Crippen LogP contribution in [0.1, 0.15) is 26.4 Å². The molecule has 2 amide bonds. The van der Waals surface area contributed by atoms with Crippen molar-refractivity contribution in [3.63, 3.8) is 0 Å². The van der Waals surface area contributed by atoms with Gasteiger partial charge in [-0.25, -0.2) is 23.3 Å². The Hall–Kier alpha value is -3.65. The number of aromatic nitrogens is 3. The Labute approximate surface area is 173 Å². The molecule has 0 unspecified atom stereocenters. The first-order valence-electron chi connectivity index (χ1n) is 8.84. The van der Waals surface area contributed by atoms with E-state index < -0.39 is 23.4 Å². The Morgan fingerprint density at radius 1 is 0.967 bits per heavy atom. The van der Waals surface area contributed by atoms with Crippen LogP contribution in [0.25, 0.3) is 16.7 Å². The van der Waals surface area contributed by atoms with Gasteiger partial charge in [0.1, 0.15) is 11.6 Å². The Morgan fingerprint density at radius 3 is 2.40 bits per heavy atom. The topological polar surface area (TPSA) is 68.1 Å². The molecule has 0 saturated carbocycles. The fraction of sp³-hybridized carbons (Fsp3) is 0.0476. The van der Waals surface area contributed by atoms with E-state index in [1.807, 2.05) is 0 Å². The van der Waals surface area contributed by atoms with Gasteiger partial charge < -0.3 is 0 Å². The number of carbonyl (C=O) groups excluding carboxylic acids is 2. The van der Waals surface area contributed by atoms with Crippen LogP contribution in [0.15, 0.2) is 48.7 Å². The number of pyridine rings is 1. The summed E-state index contributed by atoms with van der Waals surface area (Å²) in [5, 5.41) is 5.04. The number of rotatable bonds is 2. The number of aryl methyl sites for hydroxylation is 1. The molecule has 0 aliphatic carbocycles. The summed E-state index contributed by atoms with van der Waals surface area (Å²) in [6.45, 7) is 1.64. The van der Waals surface area contributed by atoms with Crippen molar-refractivity contribution in [1.82, 2.24) is 14.8 Å². The molecule has 6 nitrogen and oxygen atoms in total. The van der Waals surface area contributed by atoms with Crippen molar-refractivity contribution in [3.05, 3.63) is 82.1 Å². The maximum absolute atomic E-state index is 13.7. The first kappa shape index (κ1) is 18.4. The Kier molecular flexibility index (Phi) is 3.94. The number of hydrogen-bond donors (Lipinski definition) is 0. The van der Waals surface area contributed by atoms with Crippen LogP contribution in [0.5, 0.6) is 0 Å². The Balaban J connectivity index is 1.73. The molecule has 9 heteroatoms. The lowest BCUT2D eigenvalue weighted by Gasteiger charge is -2.13. The minimum absolute atomic E-state index is 0.113. The van der Waals surface area contributed by atoms with Gasteiger partial charge in [-0.1, -0.05) is 17.7 Å². The Morgan fingerprint density at radius 2 is 1.70 bits per heavy atom. The van der Waals surface area contributed by atoms with Gasteiger partial charge in [-0.05, 0) is 37.3 Å². The zero-order chi connectivity index (χ0) is 21.2. The van der Waals surface area contributed by atoms with Crippen LogP contribution in [-0.2, 0) is 0 Å². The van der Waals surface area contributed by atoms with Gasteiger partial charge in [0.25, 0.3) is 11.8 Å². The molecular formula is C21H11ClF2N4O2. The fourth-order valence-corrected chi connectivity index (χ4v) is 3.84. The van der Waals surface area contributed by atoms with Gasteiger partial charge in [-0.2, -0.15) is 5.10 Å². The van der Waals surface area contributed by atoms with Crippen molar-refractivity contribution < 1.29 is 18.4 Å². The highest BCUT2D eigenvalue weighted by atomic mass is 35.5. The van der Waals surface area contributed by atoms with Gasteiger partial charge in [0.15, 0.2) is 5.65 Å². The summed E-state index contributed by atoms with van der Waals surface area (Å²) in [6.07, 6.45) is 1.27. The van der Waals surface area contributed by atoms with Gasteiger partial charge in [-0.15, -0.1) is 0 Å². The second-order valence-electron chi connectivity index (χ2n) is 6.80. The summed E-state index contributed by atoms with van der Waals surface area (Å²) in [7, 11) is 0. The van der Waals surface area contributed by atoms with Crippen LogP contribution in [0, 0.1) is 18.6 Å². The molecule has 0 radical (unpaired) electrons. The molecule has 0 fully saturated rings. The third-order valence-corrected chi connectivity index (χ3v) is 5.12. The maximum Gasteiger partial charge on any atom is 0.267 e. The van der Waals surface area contributed by atoms with Gasteiger partial charge >= 0.3 is 0 Å². The van der Waals surface area contributed by atoms with Crippen molar-refractivity contribution in [2.45, 2.75) is 6.92 Å². The molecule has 0 N–H and O–H groups in total. The predicted molar refractivity (Wildman–Crippen MR) is 106 cm³/mol. The molecule has 1 aliphatic rings. The average Bonchev–Trinajstić information content (AvgIpc) is 3.15. The highest BCUT2D eigenvalue weighted by Crippen LogP contribution is 2.35. The van der Waals surface area contributed by atoms with Gasteiger partial charge in [0.05, 0.1) is 33.6 Å². The van der Waals surface area contributed by atoms with Gasteiger partial charge in [0, 0.05) is 17.3 Å². The summed E-state index contributed by atoms with van der Waals surface area (Å²) in [5.41, 5.74) is 1.32. The van der Waals surface area contributed by atoms with Crippen LogP contribution in [0.2, 0.25) is 5.02 Å². The molecule has 4 aromatic rings. The SMILES string of the molecule is Cc1nn(-c2cc(F)cc(F)c2)c2ncc3c(c12)C(=O)N(c1cccc(Cl)c1)C3=O. The number of imide groups is 1. The smallest absolute Gasteiger partial charge is 0.267 e. The number of anilines is 1. The van der Waals surface area contributed by atoms with E-state index in [2.05, 4.69) is 10.1 Å². The molecule has 148 valence electrons. The first-order chi connectivity index (χ1) is 14.3. The van der Waals surface area contributed by atoms with Crippen LogP contribution in [0.4, 0.5) is 14.5 Å². The largest absolute Gasteiger partial charge is 0.268 e. The van der Waals surface area contributed by atoms with E-state index in [9.17, 15) is 18.4 Å². The summed E-state index contributed by atoms with van der Waals surface area (Å²) in [4.78, 5) is 31.4. The predicted octanol–water partition coefficient (Wildman–Crippen LogP) is 4.46. The average molecular weight is 425 g/mol. The first-order valence-corrected chi connectivity index (χ1v) is 9.22. The third kappa shape index (κ3) is 2.61. The number of benzene rings is 2. The van der Waals surface area contributed by atoms with Crippen LogP contribution < -0.4 is 4.90 Å². The number of halogens is 3. The number of hydrogen-bond acceptors (Lipinski definition) is 4. The van der Waals surface area contributed by atoms with E-state index in [4.69, 9.17) is 11.6 Å². The van der Waals surface area contributed by atoms with Crippen molar-refractivity contribution in [3.8, 4) is 5.69 Å². The molecule has 0 spiro atoms. The molecular weight excluding hydrogens is 414 g/mol. The van der Waals surface area contributed by atoms with E-state index in [1.54, 1.807) is 25.1 Å². The van der Waals surface area contributed by atoms with E-state index in [0.29, 0.717) is 21.8 Å². The molecule has 2 aromatic carbocycles. The number of nitrogens with zero attached hydrogens (tertiary/aromatic N) is 4. The fourth-order valence-electron chi connectivity index (χ4n) is 3.65. The quantitative estimate of drug-likeness (QED) is 0.445. The summed E-state index contributed by atoms with van der Waals surface area (Å²) in [6, 6.07) is 9.35. The van der Waals surface area contributed by atoms with Crippen molar-refractivity contribution in [2.75, 3.05) is 4.90 Å². The monoisotopic (exact) mass is 424 g/mol. The zero-order valence-corrected chi connectivity index (χ0v) is 16.1. The Bertz CT molecular complexity index is 1380. The maximum atomic E-state index is 13.7. The lowest BCUT2D eigenvalue weighted by Crippen LogP contribution is -2.29. The standard InChI is InChI=1S/C21H11ClF2N4O2/c1-10-17-18-16(20(29)27(21(18)30)14-4-2-3-11(22)5-14)9-25-19(17)28(26-10)15-7-12(23)6-13(24)8-15/h2-9H,1H3. The molecule has 3 heterocycles. The molecule has 0 saturated heterocycles. The summed E-state index contributed by atoms with van der Waals surface area (Å²) < 4.78 is 28.7. The normalized spacial score (nSPS) is 13.4. The molecule has 30 heavy (non-hydrogen) atoms. The number of fused-ring (bicyclic) bond motifs is 3. The van der Waals surface area contributed by atoms with E-state index >= 15 is 0 Å². The lowest BCUT2D eigenvalue weighted by molar-refractivity contribution is 0.0926. The number of carbonyl (C=O) groups is 2. The molecule has 5 rings (SSSR count). The third-order valence-electron chi connectivity index (χ3n) is 4.88. The van der Waals surface area contributed by atoms with Gasteiger partial charge in [-0.3, -0.25) is 9.59 Å². The minimum Gasteiger partial charge on any atom is -0.268 e. The van der Waals surface area contributed by atoms with Crippen LogP contribution >= 0.6 is 11.6 Å². The minimum atomic E-state index is -0.772. The second kappa shape index (κ2) is 6.43. The van der Waals surface area contributed by atoms with Crippen molar-refractivity contribution >= 4 is 40.1 Å². The zero-order valence-electron chi connectivity index (χ0n) is 15.4. The van der Waals surface area contributed by atoms with Crippen LogP contribution in [-0.4, -0.2) is 26.6 Å². The molecule has 1 aliphatic heterocycles. The molecule has 2 aromatic heterocycles. The van der Waals surface area contributed by atoms with Crippen molar-refractivity contribution in [1.29, 1.82) is 0 Å². The van der Waals surface area contributed by atoms with E-state index in [-0.39, 0.29) is 22.5 Å². The summed E-state index contributed by atoms with van der Waals surface area (Å²) >= 11 is 6.01. The van der Waals surface area contributed by atoms with Gasteiger partial charge in [0.2, 0.25) is 0 Å². The highest BCUT2D eigenvalue weighted by Gasteiger charge is 2.40. The van der Waals surface area contributed by atoms with E-state index in [1.165, 1.54) is 16.9 Å². The lowest BCUT2D eigenvalue weighted by atomic mass is 10.1. The number of amides is 2. The second-order valence-corrected chi connectivity index (χ2v) is 7.23. The summed E-state index contributed by atoms with van der Waals surface area (Å²) in [5.74, 6) is -2.62.